The number of fused-ring (bicyclic) bond motifs is 2. The molecule has 2 heteroatoms. The molecule has 0 saturated heterocycles. The van der Waals surface area contributed by atoms with E-state index in [2.05, 4.69) is 55.2 Å². The smallest absolute Gasteiger partial charge is 0.143 e. The van der Waals surface area contributed by atoms with Gasteiger partial charge in [-0.05, 0) is 49.1 Å². The van der Waals surface area contributed by atoms with Crippen molar-refractivity contribution in [1.82, 2.24) is 4.98 Å². The van der Waals surface area contributed by atoms with Crippen LogP contribution in [0.1, 0.15) is 11.1 Å². The fourth-order valence-electron chi connectivity index (χ4n) is 2.92. The maximum atomic E-state index is 5.69. The summed E-state index contributed by atoms with van der Waals surface area (Å²) in [5, 5.41) is 3.49. The van der Waals surface area contributed by atoms with E-state index in [9.17, 15) is 0 Å². The molecule has 0 radical (unpaired) electrons. The fourth-order valence-corrected chi connectivity index (χ4v) is 2.92. The standard InChI is InChI=1S/C19H15NO/c1-12-3-4-16-14(9-12)5-7-20-18(16)17-11-13(2)10-15-6-8-21-19(15)17/h3-11H,1-2H3. The Hall–Kier alpha value is -2.61. The molecule has 21 heavy (non-hydrogen) atoms. The molecule has 0 atom stereocenters. The lowest BCUT2D eigenvalue weighted by atomic mass is 9.99. The molecule has 2 nitrogen and oxygen atoms in total. The van der Waals surface area contributed by atoms with Gasteiger partial charge in [0.25, 0.3) is 0 Å². The van der Waals surface area contributed by atoms with Gasteiger partial charge in [0, 0.05) is 22.5 Å². The SMILES string of the molecule is Cc1ccc2c(-c3cc(C)cc4ccoc34)nccc2c1. The number of pyridine rings is 1. The van der Waals surface area contributed by atoms with E-state index in [1.165, 1.54) is 16.5 Å². The molecule has 0 fully saturated rings. The van der Waals surface area contributed by atoms with Crippen LogP contribution in [-0.4, -0.2) is 4.98 Å². The van der Waals surface area contributed by atoms with Crippen LogP contribution in [0, 0.1) is 13.8 Å². The molecule has 0 aliphatic carbocycles. The first-order chi connectivity index (χ1) is 10.2. The fraction of sp³-hybridized carbons (Fsp3) is 0.105. The maximum Gasteiger partial charge on any atom is 0.143 e. The molecule has 0 aliphatic rings. The van der Waals surface area contributed by atoms with Crippen molar-refractivity contribution in [3.8, 4) is 11.3 Å². The second-order valence-corrected chi connectivity index (χ2v) is 5.54. The molecule has 0 amide bonds. The number of hydrogen-bond acceptors (Lipinski definition) is 2. The summed E-state index contributed by atoms with van der Waals surface area (Å²) in [6.07, 6.45) is 3.61. The molecule has 0 N–H and O–H groups in total. The summed E-state index contributed by atoms with van der Waals surface area (Å²) in [5.74, 6) is 0. The van der Waals surface area contributed by atoms with Gasteiger partial charge in [0.2, 0.25) is 0 Å². The number of rotatable bonds is 1. The maximum absolute atomic E-state index is 5.69. The van der Waals surface area contributed by atoms with Crippen LogP contribution in [0.4, 0.5) is 0 Å². The van der Waals surface area contributed by atoms with Crippen molar-refractivity contribution in [1.29, 1.82) is 0 Å². The highest BCUT2D eigenvalue weighted by atomic mass is 16.3. The predicted octanol–water partition coefficient (Wildman–Crippen LogP) is 5.26. The zero-order valence-corrected chi connectivity index (χ0v) is 12.1. The van der Waals surface area contributed by atoms with Crippen molar-refractivity contribution >= 4 is 21.7 Å². The van der Waals surface area contributed by atoms with Crippen LogP contribution in [0.15, 0.2) is 59.3 Å². The van der Waals surface area contributed by atoms with Crippen molar-refractivity contribution in [3.05, 3.63) is 66.1 Å². The number of aryl methyl sites for hydroxylation is 2. The summed E-state index contributed by atoms with van der Waals surface area (Å²) in [4.78, 5) is 4.62. The number of benzene rings is 2. The summed E-state index contributed by atoms with van der Waals surface area (Å²) >= 11 is 0. The molecule has 0 spiro atoms. The molecular formula is C19H15NO. The Bertz CT molecular complexity index is 966. The third kappa shape index (κ3) is 1.91. The van der Waals surface area contributed by atoms with Crippen LogP contribution in [0.2, 0.25) is 0 Å². The minimum Gasteiger partial charge on any atom is -0.464 e. The zero-order valence-electron chi connectivity index (χ0n) is 12.1. The average molecular weight is 273 g/mol. The summed E-state index contributed by atoms with van der Waals surface area (Å²) < 4.78 is 5.69. The Balaban J connectivity index is 2.11. The molecule has 2 aromatic carbocycles. The van der Waals surface area contributed by atoms with Crippen molar-refractivity contribution < 1.29 is 4.42 Å². The van der Waals surface area contributed by atoms with E-state index >= 15 is 0 Å². The summed E-state index contributed by atoms with van der Waals surface area (Å²) in [6.45, 7) is 4.21. The second kappa shape index (κ2) is 4.45. The van der Waals surface area contributed by atoms with Crippen LogP contribution >= 0.6 is 0 Å². The predicted molar refractivity (Wildman–Crippen MR) is 86.4 cm³/mol. The van der Waals surface area contributed by atoms with Crippen LogP contribution in [0.5, 0.6) is 0 Å². The third-order valence-electron chi connectivity index (χ3n) is 3.87. The summed E-state index contributed by atoms with van der Waals surface area (Å²) in [7, 11) is 0. The molecule has 2 aromatic heterocycles. The van der Waals surface area contributed by atoms with Gasteiger partial charge >= 0.3 is 0 Å². The Labute approximate surface area is 123 Å². The molecule has 4 rings (SSSR count). The van der Waals surface area contributed by atoms with Crippen LogP contribution < -0.4 is 0 Å². The van der Waals surface area contributed by atoms with Crippen LogP contribution in [-0.2, 0) is 0 Å². The van der Waals surface area contributed by atoms with Gasteiger partial charge in [-0.3, -0.25) is 4.98 Å². The molecule has 0 aliphatic heterocycles. The largest absolute Gasteiger partial charge is 0.464 e. The lowest BCUT2D eigenvalue weighted by molar-refractivity contribution is 0.616. The lowest BCUT2D eigenvalue weighted by Crippen LogP contribution is -1.88. The van der Waals surface area contributed by atoms with E-state index in [0.29, 0.717) is 0 Å². The van der Waals surface area contributed by atoms with E-state index in [1.807, 2.05) is 12.3 Å². The van der Waals surface area contributed by atoms with Gasteiger partial charge in [0.15, 0.2) is 0 Å². The highest BCUT2D eigenvalue weighted by molar-refractivity contribution is 6.02. The summed E-state index contributed by atoms with van der Waals surface area (Å²) in [5.41, 5.74) is 5.42. The van der Waals surface area contributed by atoms with Gasteiger partial charge in [-0.1, -0.05) is 23.8 Å². The van der Waals surface area contributed by atoms with Gasteiger partial charge in [-0.15, -0.1) is 0 Å². The van der Waals surface area contributed by atoms with E-state index in [4.69, 9.17) is 4.42 Å². The lowest BCUT2D eigenvalue weighted by Gasteiger charge is -2.08. The Kier molecular flexibility index (Phi) is 2.58. The van der Waals surface area contributed by atoms with Crippen LogP contribution in [0.3, 0.4) is 0 Å². The molecule has 2 heterocycles. The van der Waals surface area contributed by atoms with Gasteiger partial charge in [0.1, 0.15) is 5.58 Å². The minimum absolute atomic E-state index is 0.904. The molecular weight excluding hydrogens is 258 g/mol. The highest BCUT2D eigenvalue weighted by Crippen LogP contribution is 2.34. The van der Waals surface area contributed by atoms with E-state index in [-0.39, 0.29) is 0 Å². The van der Waals surface area contributed by atoms with Crippen molar-refractivity contribution in [2.45, 2.75) is 13.8 Å². The average Bonchev–Trinajstić information content (AvgIpc) is 2.93. The van der Waals surface area contributed by atoms with E-state index < -0.39 is 0 Å². The van der Waals surface area contributed by atoms with Crippen molar-refractivity contribution in [2.75, 3.05) is 0 Å². The van der Waals surface area contributed by atoms with Crippen LogP contribution in [0.25, 0.3) is 33.0 Å². The molecule has 0 saturated carbocycles. The number of hydrogen-bond donors (Lipinski definition) is 0. The first kappa shape index (κ1) is 12.2. The first-order valence-corrected chi connectivity index (χ1v) is 7.06. The number of aromatic nitrogens is 1. The Morgan fingerprint density at radius 1 is 0.857 bits per heavy atom. The quantitative estimate of drug-likeness (QED) is 0.472. The van der Waals surface area contributed by atoms with Crippen molar-refractivity contribution in [3.63, 3.8) is 0 Å². The van der Waals surface area contributed by atoms with Gasteiger partial charge in [-0.2, -0.15) is 0 Å². The highest BCUT2D eigenvalue weighted by Gasteiger charge is 2.12. The number of nitrogens with zero attached hydrogens (tertiary/aromatic N) is 1. The molecule has 0 unspecified atom stereocenters. The van der Waals surface area contributed by atoms with Gasteiger partial charge in [-0.25, -0.2) is 0 Å². The van der Waals surface area contributed by atoms with E-state index in [1.54, 1.807) is 6.26 Å². The Morgan fingerprint density at radius 2 is 1.71 bits per heavy atom. The normalized spacial score (nSPS) is 11.3. The number of furan rings is 1. The monoisotopic (exact) mass is 273 g/mol. The zero-order chi connectivity index (χ0) is 14.4. The molecule has 102 valence electrons. The van der Waals surface area contributed by atoms with Crippen molar-refractivity contribution in [2.24, 2.45) is 0 Å². The van der Waals surface area contributed by atoms with Gasteiger partial charge in [0.05, 0.1) is 12.0 Å². The topological polar surface area (TPSA) is 26.0 Å². The summed E-state index contributed by atoms with van der Waals surface area (Å²) in [6, 6.07) is 14.8. The Morgan fingerprint density at radius 3 is 2.62 bits per heavy atom. The second-order valence-electron chi connectivity index (χ2n) is 5.54. The molecule has 0 bridgehead atoms. The first-order valence-electron chi connectivity index (χ1n) is 7.06. The molecule has 4 aromatic rings. The van der Waals surface area contributed by atoms with Gasteiger partial charge < -0.3 is 4.42 Å². The van der Waals surface area contributed by atoms with E-state index in [0.717, 1.165) is 27.6 Å². The third-order valence-corrected chi connectivity index (χ3v) is 3.87. The minimum atomic E-state index is 0.904.